The molecule has 1 aliphatic rings. The number of hydrogen-bond acceptors (Lipinski definition) is 0. The Morgan fingerprint density at radius 1 is 0.370 bits per heavy atom. The molecule has 5 rings (SSSR count). The van der Waals surface area contributed by atoms with E-state index in [1.54, 1.807) is 30.0 Å². The second-order valence-electron chi connectivity index (χ2n) is 17.2. The van der Waals surface area contributed by atoms with Gasteiger partial charge in [-0.05, 0) is 0 Å². The van der Waals surface area contributed by atoms with E-state index < -0.39 is 18.4 Å². The van der Waals surface area contributed by atoms with Gasteiger partial charge in [0.1, 0.15) is 0 Å². The molecule has 0 aliphatic heterocycles. The second kappa shape index (κ2) is 22.4. The Bertz CT molecular complexity index is 1610. The van der Waals surface area contributed by atoms with Gasteiger partial charge in [0.05, 0.1) is 0 Å². The fraction of sp³-hybridized carbons (Fsp3) is 0.547. The summed E-state index contributed by atoms with van der Waals surface area (Å²) in [5, 5.41) is 0. The first-order valence-corrected chi connectivity index (χ1v) is 30.5. The SMILES string of the molecule is CCCCCCCCC1(CCCCCCCC)c2cc(-c3ccc(-c4ccccc4)cc3)ccc2-c2cc[c]([Sn]([CH2]CCC)([CH2]CCC)[CH2]CCC)cc21. The molecule has 0 unspecified atom stereocenters. The third-order valence-corrected chi connectivity index (χ3v) is 28.8. The molecule has 0 saturated heterocycles. The Morgan fingerprint density at radius 2 is 0.778 bits per heavy atom. The van der Waals surface area contributed by atoms with Gasteiger partial charge in [-0.3, -0.25) is 0 Å². The van der Waals surface area contributed by atoms with Crippen molar-refractivity contribution in [3.05, 3.63) is 102 Å². The molecule has 4 aromatic rings. The van der Waals surface area contributed by atoms with Crippen LogP contribution in [0.3, 0.4) is 0 Å². The molecule has 0 heterocycles. The average molecular weight is 832 g/mol. The fourth-order valence-corrected chi connectivity index (χ4v) is 25.9. The molecule has 1 heteroatoms. The summed E-state index contributed by atoms with van der Waals surface area (Å²) in [6.07, 6.45) is 27.3. The minimum absolute atomic E-state index is 0.119. The predicted molar refractivity (Wildman–Crippen MR) is 244 cm³/mol. The van der Waals surface area contributed by atoms with Crippen LogP contribution in [0.2, 0.25) is 13.3 Å². The third kappa shape index (κ3) is 10.7. The van der Waals surface area contributed by atoms with Gasteiger partial charge in [0.15, 0.2) is 0 Å². The summed E-state index contributed by atoms with van der Waals surface area (Å²) in [6.45, 7) is 12.0. The van der Waals surface area contributed by atoms with Gasteiger partial charge in [0.2, 0.25) is 0 Å². The quantitative estimate of drug-likeness (QED) is 0.0437. The van der Waals surface area contributed by atoms with Crippen LogP contribution < -0.4 is 3.58 Å². The molecule has 0 saturated carbocycles. The second-order valence-corrected chi connectivity index (χ2v) is 30.4. The molecule has 292 valence electrons. The van der Waals surface area contributed by atoms with Crippen molar-refractivity contribution >= 4 is 22.0 Å². The van der Waals surface area contributed by atoms with E-state index in [0.29, 0.717) is 0 Å². The predicted octanol–water partition coefficient (Wildman–Crippen LogP) is 16.8. The molecule has 0 atom stereocenters. The van der Waals surface area contributed by atoms with Gasteiger partial charge in [-0.2, -0.15) is 0 Å². The molecule has 0 radical (unpaired) electrons. The number of unbranched alkanes of at least 4 members (excludes halogenated alkanes) is 13. The van der Waals surface area contributed by atoms with Crippen molar-refractivity contribution in [1.29, 1.82) is 0 Å². The van der Waals surface area contributed by atoms with Crippen LogP contribution in [0.4, 0.5) is 0 Å². The normalized spacial score (nSPS) is 13.3. The molecule has 0 N–H and O–H groups in total. The molecule has 4 aromatic carbocycles. The average Bonchev–Trinajstić information content (AvgIpc) is 3.48. The molecule has 0 fully saturated rings. The number of benzene rings is 4. The van der Waals surface area contributed by atoms with Crippen molar-refractivity contribution in [1.82, 2.24) is 0 Å². The van der Waals surface area contributed by atoms with Crippen LogP contribution in [0, 0.1) is 0 Å². The fourth-order valence-electron chi connectivity index (χ4n) is 9.92. The Kier molecular flexibility index (Phi) is 17.8. The van der Waals surface area contributed by atoms with Crippen LogP contribution in [-0.2, 0) is 5.41 Å². The van der Waals surface area contributed by atoms with E-state index >= 15 is 0 Å². The van der Waals surface area contributed by atoms with E-state index in [1.165, 1.54) is 156 Å². The van der Waals surface area contributed by atoms with Crippen LogP contribution >= 0.6 is 0 Å². The molecule has 0 spiro atoms. The van der Waals surface area contributed by atoms with Gasteiger partial charge in [0.25, 0.3) is 0 Å². The summed E-state index contributed by atoms with van der Waals surface area (Å²) in [6, 6.07) is 36.1. The van der Waals surface area contributed by atoms with E-state index in [1.807, 2.05) is 3.58 Å². The molecule has 0 nitrogen and oxygen atoms in total. The van der Waals surface area contributed by atoms with E-state index in [2.05, 4.69) is 126 Å². The number of hydrogen-bond donors (Lipinski definition) is 0. The van der Waals surface area contributed by atoms with E-state index in [9.17, 15) is 0 Å². The summed E-state index contributed by atoms with van der Waals surface area (Å²) in [7, 11) is 0. The Morgan fingerprint density at radius 3 is 1.30 bits per heavy atom. The summed E-state index contributed by atoms with van der Waals surface area (Å²) >= 11 is -2.64. The molecule has 0 aromatic heterocycles. The first kappa shape index (κ1) is 42.8. The van der Waals surface area contributed by atoms with Crippen LogP contribution in [0.25, 0.3) is 33.4 Å². The summed E-state index contributed by atoms with van der Waals surface area (Å²) in [5.41, 5.74) is 11.9. The standard InChI is InChI=1S/C41H49.3C4H9.Sn/c1-3-5-7-9-11-18-30-41(31-19-12-10-8-6-4-2)39-23-17-16-22-37(39)38-29-28-36(32-40(38)41)35-26-24-34(25-27-35)33-20-14-13-15-21-33;3*1-3-4-2;/h13-16,20-29,32H,3-12,18-19,30-31H2,1-2H3;3*1,3-4H2,2H3;. The van der Waals surface area contributed by atoms with Crippen LogP contribution in [0.15, 0.2) is 91.0 Å². The van der Waals surface area contributed by atoms with Crippen LogP contribution in [-0.4, -0.2) is 18.4 Å². The van der Waals surface area contributed by atoms with Gasteiger partial charge in [-0.1, -0.05) is 30.3 Å². The molecule has 0 bridgehead atoms. The number of rotatable bonds is 26. The van der Waals surface area contributed by atoms with Crippen LogP contribution in [0.1, 0.15) is 174 Å². The first-order valence-electron chi connectivity index (χ1n) is 23.0. The summed E-state index contributed by atoms with van der Waals surface area (Å²) < 4.78 is 6.50. The summed E-state index contributed by atoms with van der Waals surface area (Å²) in [4.78, 5) is 0. The zero-order chi connectivity index (χ0) is 38.1. The molecular weight excluding hydrogens is 755 g/mol. The Labute approximate surface area is 337 Å². The van der Waals surface area contributed by atoms with Gasteiger partial charge in [-0.25, -0.2) is 0 Å². The topological polar surface area (TPSA) is 0 Å². The van der Waals surface area contributed by atoms with Gasteiger partial charge >= 0.3 is 309 Å². The molecule has 0 amide bonds. The van der Waals surface area contributed by atoms with Crippen molar-refractivity contribution in [3.8, 4) is 33.4 Å². The zero-order valence-corrected chi connectivity index (χ0v) is 38.3. The number of fused-ring (bicyclic) bond motifs is 3. The van der Waals surface area contributed by atoms with E-state index in [-0.39, 0.29) is 5.41 Å². The molecule has 54 heavy (non-hydrogen) atoms. The third-order valence-electron chi connectivity index (χ3n) is 13.2. The molecular formula is C53H76Sn. The van der Waals surface area contributed by atoms with Gasteiger partial charge < -0.3 is 0 Å². The summed E-state index contributed by atoms with van der Waals surface area (Å²) in [5.74, 6) is 0. The van der Waals surface area contributed by atoms with Crippen molar-refractivity contribution in [2.24, 2.45) is 0 Å². The first-order chi connectivity index (χ1) is 26.6. The van der Waals surface area contributed by atoms with E-state index in [0.717, 1.165) is 0 Å². The van der Waals surface area contributed by atoms with Crippen molar-refractivity contribution in [2.75, 3.05) is 0 Å². The maximum absolute atomic E-state index is 2.91. The van der Waals surface area contributed by atoms with E-state index in [4.69, 9.17) is 0 Å². The van der Waals surface area contributed by atoms with Gasteiger partial charge in [-0.15, -0.1) is 0 Å². The Hall–Kier alpha value is -2.32. The minimum atomic E-state index is -2.64. The molecule has 1 aliphatic carbocycles. The van der Waals surface area contributed by atoms with Crippen molar-refractivity contribution in [3.63, 3.8) is 0 Å². The Balaban J connectivity index is 1.61. The van der Waals surface area contributed by atoms with Crippen LogP contribution in [0.5, 0.6) is 0 Å². The van der Waals surface area contributed by atoms with Crippen molar-refractivity contribution < 1.29 is 0 Å². The monoisotopic (exact) mass is 832 g/mol. The zero-order valence-electron chi connectivity index (χ0n) is 35.4. The maximum atomic E-state index is 2.91. The van der Waals surface area contributed by atoms with Crippen molar-refractivity contribution in [2.45, 2.75) is 182 Å². The van der Waals surface area contributed by atoms with Gasteiger partial charge in [0, 0.05) is 0 Å².